The van der Waals surface area contributed by atoms with Crippen LogP contribution < -0.4 is 22.2 Å². The van der Waals surface area contributed by atoms with Crippen LogP contribution in [0.2, 0.25) is 0 Å². The summed E-state index contributed by atoms with van der Waals surface area (Å²) in [4.78, 5) is 0. The number of rotatable bonds is 2. The molecule has 1 aliphatic heterocycles. The van der Waals surface area contributed by atoms with Gasteiger partial charge in [0.05, 0.1) is 0 Å². The van der Waals surface area contributed by atoms with Gasteiger partial charge in [0.25, 0.3) is 0 Å². The monoisotopic (exact) mass is 115 g/mol. The highest BCUT2D eigenvalue weighted by Gasteiger charge is 1.99. The number of amidine groups is 1. The lowest BCUT2D eigenvalue weighted by Crippen LogP contribution is -2.35. The van der Waals surface area contributed by atoms with Gasteiger partial charge in [0.1, 0.15) is 5.84 Å². The van der Waals surface area contributed by atoms with Gasteiger partial charge < -0.3 is 5.73 Å². The molecule has 5 heteroatoms. The van der Waals surface area contributed by atoms with Crippen molar-refractivity contribution in [2.75, 3.05) is 6.54 Å². The lowest BCUT2D eigenvalue weighted by atomic mass is 10.4. The molecule has 0 aromatic carbocycles. The van der Waals surface area contributed by atoms with E-state index >= 15 is 0 Å². The molecule has 0 radical (unpaired) electrons. The van der Waals surface area contributed by atoms with Crippen molar-refractivity contribution < 1.29 is 0 Å². The molecule has 0 aromatic heterocycles. The molecule has 0 saturated heterocycles. The molecule has 46 valence electrons. The van der Waals surface area contributed by atoms with Gasteiger partial charge in [0, 0.05) is 6.42 Å². The van der Waals surface area contributed by atoms with Crippen LogP contribution in [0.1, 0.15) is 6.42 Å². The molecule has 0 unspecified atom stereocenters. The van der Waals surface area contributed by atoms with Crippen LogP contribution in [0.5, 0.6) is 0 Å². The van der Waals surface area contributed by atoms with E-state index in [1.54, 1.807) is 0 Å². The first-order chi connectivity index (χ1) is 3.93. The highest BCUT2D eigenvalue weighted by atomic mass is 15.8. The normalized spacial score (nSPS) is 16.9. The summed E-state index contributed by atoms with van der Waals surface area (Å²) in [6.45, 7) is 0.620. The summed E-state index contributed by atoms with van der Waals surface area (Å²) in [5, 5.41) is 3.79. The minimum absolute atomic E-state index is 0.620. The molecular weight excluding hydrogens is 106 g/mol. The molecule has 0 aromatic rings. The predicted molar refractivity (Wildman–Crippen MR) is 30.5 cm³/mol. The van der Waals surface area contributed by atoms with Crippen LogP contribution in [0.4, 0.5) is 0 Å². The van der Waals surface area contributed by atoms with Gasteiger partial charge >= 0.3 is 0 Å². The molecule has 0 fully saturated rings. The largest absolute Gasteiger partial charge is 0.330 e. The van der Waals surface area contributed by atoms with E-state index in [-0.39, 0.29) is 0 Å². The van der Waals surface area contributed by atoms with Crippen LogP contribution in [0.25, 0.3) is 0 Å². The van der Waals surface area contributed by atoms with E-state index in [1.807, 2.05) is 0 Å². The highest BCUT2D eigenvalue weighted by molar-refractivity contribution is 5.82. The van der Waals surface area contributed by atoms with Gasteiger partial charge in [-0.15, -0.1) is 10.6 Å². The molecule has 0 amide bonds. The Balaban J connectivity index is 2.23. The molecule has 5 nitrogen and oxygen atoms in total. The van der Waals surface area contributed by atoms with Crippen molar-refractivity contribution in [3.8, 4) is 0 Å². The van der Waals surface area contributed by atoms with Crippen molar-refractivity contribution in [2.45, 2.75) is 6.42 Å². The van der Waals surface area contributed by atoms with Crippen LogP contribution in [0.3, 0.4) is 0 Å². The number of hydrogen-bond acceptors (Lipinski definition) is 5. The summed E-state index contributed by atoms with van der Waals surface area (Å²) in [5.74, 6) is 0.854. The van der Waals surface area contributed by atoms with Crippen molar-refractivity contribution in [3.63, 3.8) is 0 Å². The zero-order chi connectivity index (χ0) is 5.82. The molecule has 5 N–H and O–H groups in total. The van der Waals surface area contributed by atoms with E-state index in [2.05, 4.69) is 21.6 Å². The maximum Gasteiger partial charge on any atom is 0.140 e. The van der Waals surface area contributed by atoms with Crippen molar-refractivity contribution in [3.05, 3.63) is 0 Å². The average molecular weight is 115 g/mol. The van der Waals surface area contributed by atoms with Crippen LogP contribution in [0, 0.1) is 0 Å². The summed E-state index contributed by atoms with van der Waals surface area (Å²) < 4.78 is 0. The number of nitrogens with zero attached hydrogens (tertiary/aromatic N) is 1. The Bertz CT molecular complexity index is 97.8. The third-order valence-corrected chi connectivity index (χ3v) is 0.835. The minimum Gasteiger partial charge on any atom is -0.330 e. The Kier molecular flexibility index (Phi) is 1.66. The van der Waals surface area contributed by atoms with Gasteiger partial charge in [0.15, 0.2) is 0 Å². The second kappa shape index (κ2) is 2.49. The Morgan fingerprint density at radius 2 is 2.50 bits per heavy atom. The predicted octanol–water partition coefficient (Wildman–Crippen LogP) is -1.74. The summed E-state index contributed by atoms with van der Waals surface area (Å²) in [7, 11) is 0. The molecule has 0 spiro atoms. The maximum atomic E-state index is 5.23. The number of hydrogen-bond donors (Lipinski definition) is 4. The van der Waals surface area contributed by atoms with E-state index in [1.165, 1.54) is 0 Å². The van der Waals surface area contributed by atoms with Crippen molar-refractivity contribution >= 4 is 5.84 Å². The van der Waals surface area contributed by atoms with Crippen LogP contribution in [0.15, 0.2) is 5.10 Å². The van der Waals surface area contributed by atoms with Gasteiger partial charge in [-0.2, -0.15) is 0 Å². The number of nitrogens with one attached hydrogen (secondary N) is 3. The summed E-state index contributed by atoms with van der Waals surface area (Å²) >= 11 is 0. The van der Waals surface area contributed by atoms with Gasteiger partial charge in [0.2, 0.25) is 0 Å². The molecule has 1 heterocycles. The summed E-state index contributed by atoms with van der Waals surface area (Å²) in [5.41, 5.74) is 13.1. The van der Waals surface area contributed by atoms with E-state index < -0.39 is 0 Å². The minimum atomic E-state index is 0.620. The van der Waals surface area contributed by atoms with E-state index in [0.29, 0.717) is 6.54 Å². The molecule has 0 saturated carbocycles. The number of hydrazone groups is 1. The summed E-state index contributed by atoms with van der Waals surface area (Å²) in [6.07, 6.45) is 0.778. The fourth-order valence-corrected chi connectivity index (χ4v) is 0.479. The van der Waals surface area contributed by atoms with Crippen LogP contribution in [-0.2, 0) is 0 Å². The zero-order valence-electron chi connectivity index (χ0n) is 4.44. The maximum absolute atomic E-state index is 5.23. The smallest absolute Gasteiger partial charge is 0.140 e. The van der Waals surface area contributed by atoms with Crippen LogP contribution in [-0.4, -0.2) is 12.4 Å². The Morgan fingerprint density at radius 3 is 3.00 bits per heavy atom. The Morgan fingerprint density at radius 1 is 1.62 bits per heavy atom. The lowest BCUT2D eigenvalue weighted by Gasteiger charge is -1.93. The third kappa shape index (κ3) is 1.08. The fourth-order valence-electron chi connectivity index (χ4n) is 0.479. The standard InChI is InChI=1S/C3H9N5/c4-2-1-3-5-7-8-6-3/h7-8H,1-2,4H2,(H,5,6). The SMILES string of the molecule is NCCC1=NNNN1. The zero-order valence-corrected chi connectivity index (χ0v) is 4.44. The molecule has 0 bridgehead atoms. The average Bonchev–Trinajstić information content (AvgIpc) is 2.19. The van der Waals surface area contributed by atoms with E-state index in [0.717, 1.165) is 12.3 Å². The second-order valence-corrected chi connectivity index (χ2v) is 1.46. The molecule has 1 aliphatic rings. The van der Waals surface area contributed by atoms with E-state index in [9.17, 15) is 0 Å². The third-order valence-electron chi connectivity index (χ3n) is 0.835. The van der Waals surface area contributed by atoms with Gasteiger partial charge in [-0.25, -0.2) is 5.53 Å². The highest BCUT2D eigenvalue weighted by Crippen LogP contribution is 1.79. The summed E-state index contributed by atoms with van der Waals surface area (Å²) in [6, 6.07) is 0. The number of hydrazine groups is 2. The molecule has 0 aliphatic carbocycles. The molecule has 1 rings (SSSR count). The van der Waals surface area contributed by atoms with Gasteiger partial charge in [-0.1, -0.05) is 0 Å². The van der Waals surface area contributed by atoms with Crippen molar-refractivity contribution in [1.29, 1.82) is 0 Å². The topological polar surface area (TPSA) is 74.5 Å². The first-order valence-corrected chi connectivity index (χ1v) is 2.46. The van der Waals surface area contributed by atoms with Crippen molar-refractivity contribution in [2.24, 2.45) is 10.8 Å². The molecular formula is C3H9N5. The second-order valence-electron chi connectivity index (χ2n) is 1.46. The van der Waals surface area contributed by atoms with Crippen LogP contribution >= 0.6 is 0 Å². The molecule has 8 heavy (non-hydrogen) atoms. The number of nitrogens with two attached hydrogens (primary N) is 1. The van der Waals surface area contributed by atoms with Gasteiger partial charge in [-0.05, 0) is 6.54 Å². The quantitative estimate of drug-likeness (QED) is 0.345. The first kappa shape index (κ1) is 5.33. The lowest BCUT2D eigenvalue weighted by molar-refractivity contribution is 0.576. The first-order valence-electron chi connectivity index (χ1n) is 2.46. The Labute approximate surface area is 47.3 Å². The van der Waals surface area contributed by atoms with Gasteiger partial charge in [-0.3, -0.25) is 5.43 Å². The molecule has 0 atom stereocenters. The van der Waals surface area contributed by atoms with E-state index in [4.69, 9.17) is 5.73 Å². The van der Waals surface area contributed by atoms with Crippen molar-refractivity contribution in [1.82, 2.24) is 16.5 Å². The Hall–Kier alpha value is -0.810. The fraction of sp³-hybridized carbons (Fsp3) is 0.667.